The van der Waals surface area contributed by atoms with Crippen LogP contribution >= 0.6 is 11.3 Å². The van der Waals surface area contributed by atoms with E-state index in [0.29, 0.717) is 15.3 Å². The average molecular weight is 307 g/mol. The molecule has 0 aliphatic heterocycles. The van der Waals surface area contributed by atoms with E-state index in [1.54, 1.807) is 30.9 Å². The van der Waals surface area contributed by atoms with Crippen LogP contribution in [-0.4, -0.2) is 24.6 Å². The molecular formula is C15H9N5OS. The first-order valence-corrected chi connectivity index (χ1v) is 7.35. The fourth-order valence-corrected chi connectivity index (χ4v) is 2.97. The molecule has 0 unspecified atom stereocenters. The summed E-state index contributed by atoms with van der Waals surface area (Å²) in [6, 6.07) is 7.39. The molecular weight excluding hydrogens is 298 g/mol. The number of aromatic nitrogens is 5. The maximum absolute atomic E-state index is 12.4. The van der Waals surface area contributed by atoms with E-state index in [0.717, 1.165) is 11.1 Å². The minimum absolute atomic E-state index is 0.175. The lowest BCUT2D eigenvalue weighted by atomic mass is 10.3. The standard InChI is InChI=1S/C15H9N5OS/c21-14-12(7-10-3-1-5-16-8-10)22-15-18-13(19-20(14)15)11-4-2-6-17-9-11/h1-9H. The second-order valence-electron chi connectivity index (χ2n) is 4.57. The summed E-state index contributed by atoms with van der Waals surface area (Å²) >= 11 is 1.31. The molecule has 4 aromatic heterocycles. The van der Waals surface area contributed by atoms with Crippen LogP contribution in [0, 0.1) is 0 Å². The molecule has 0 saturated carbocycles. The van der Waals surface area contributed by atoms with Crippen molar-refractivity contribution in [1.82, 2.24) is 24.6 Å². The highest BCUT2D eigenvalue weighted by molar-refractivity contribution is 7.15. The van der Waals surface area contributed by atoms with Gasteiger partial charge in [0.15, 0.2) is 5.82 Å². The Bertz CT molecular complexity index is 1040. The van der Waals surface area contributed by atoms with Crippen molar-refractivity contribution < 1.29 is 0 Å². The molecule has 0 aromatic carbocycles. The van der Waals surface area contributed by atoms with Gasteiger partial charge in [0.1, 0.15) is 0 Å². The summed E-state index contributed by atoms with van der Waals surface area (Å²) in [6.45, 7) is 0. The lowest BCUT2D eigenvalue weighted by Gasteiger charge is -1.90. The zero-order valence-electron chi connectivity index (χ0n) is 11.2. The maximum Gasteiger partial charge on any atom is 0.291 e. The zero-order valence-corrected chi connectivity index (χ0v) is 12.1. The number of fused-ring (bicyclic) bond motifs is 1. The van der Waals surface area contributed by atoms with Crippen LogP contribution in [0.2, 0.25) is 0 Å². The summed E-state index contributed by atoms with van der Waals surface area (Å²) in [7, 11) is 0. The van der Waals surface area contributed by atoms with E-state index in [1.807, 2.05) is 24.3 Å². The Morgan fingerprint density at radius 2 is 1.91 bits per heavy atom. The first-order valence-electron chi connectivity index (χ1n) is 6.53. The Kier molecular flexibility index (Phi) is 2.97. The lowest BCUT2D eigenvalue weighted by Crippen LogP contribution is -2.23. The number of pyridine rings is 2. The summed E-state index contributed by atoms with van der Waals surface area (Å²) in [4.78, 5) is 25.4. The highest BCUT2D eigenvalue weighted by atomic mass is 32.1. The molecule has 0 aliphatic rings. The smallest absolute Gasteiger partial charge is 0.266 e. The molecule has 0 amide bonds. The summed E-state index contributed by atoms with van der Waals surface area (Å²) in [6.07, 6.45) is 8.55. The van der Waals surface area contributed by atoms with Crippen molar-refractivity contribution in [1.29, 1.82) is 0 Å². The summed E-state index contributed by atoms with van der Waals surface area (Å²) in [5.41, 5.74) is 1.48. The number of hydrogen-bond acceptors (Lipinski definition) is 6. The number of rotatable bonds is 2. The van der Waals surface area contributed by atoms with Gasteiger partial charge in [0.2, 0.25) is 4.96 Å². The second-order valence-corrected chi connectivity index (χ2v) is 5.58. The van der Waals surface area contributed by atoms with E-state index < -0.39 is 0 Å². The highest BCUT2D eigenvalue weighted by Gasteiger charge is 2.11. The van der Waals surface area contributed by atoms with Crippen LogP contribution in [0.15, 0.2) is 53.8 Å². The van der Waals surface area contributed by atoms with Crippen molar-refractivity contribution in [2.45, 2.75) is 0 Å². The molecule has 22 heavy (non-hydrogen) atoms. The third kappa shape index (κ3) is 2.17. The van der Waals surface area contributed by atoms with E-state index in [9.17, 15) is 4.79 Å². The molecule has 0 spiro atoms. The summed E-state index contributed by atoms with van der Waals surface area (Å²) in [5, 5.41) is 4.27. The number of hydrogen-bond donors (Lipinski definition) is 0. The van der Waals surface area contributed by atoms with Crippen molar-refractivity contribution in [3.05, 3.63) is 69.5 Å². The molecule has 106 valence electrons. The van der Waals surface area contributed by atoms with Gasteiger partial charge in [-0.3, -0.25) is 14.8 Å². The Morgan fingerprint density at radius 1 is 1.09 bits per heavy atom. The molecule has 6 nitrogen and oxygen atoms in total. The van der Waals surface area contributed by atoms with Crippen LogP contribution < -0.4 is 10.1 Å². The van der Waals surface area contributed by atoms with Gasteiger partial charge < -0.3 is 0 Å². The van der Waals surface area contributed by atoms with E-state index in [-0.39, 0.29) is 5.56 Å². The molecule has 7 heteroatoms. The molecule has 0 bridgehead atoms. The van der Waals surface area contributed by atoms with E-state index in [2.05, 4.69) is 20.1 Å². The SMILES string of the molecule is O=c1c(=Cc2cccnc2)sc2nc(-c3cccnc3)nn12. The topological polar surface area (TPSA) is 73.0 Å². The van der Waals surface area contributed by atoms with E-state index >= 15 is 0 Å². The Hall–Kier alpha value is -2.93. The van der Waals surface area contributed by atoms with Crippen molar-refractivity contribution in [2.24, 2.45) is 0 Å². The minimum Gasteiger partial charge on any atom is -0.266 e. The van der Waals surface area contributed by atoms with Gasteiger partial charge in [0.05, 0.1) is 4.53 Å². The first kappa shape index (κ1) is 12.8. The Balaban J connectivity index is 1.85. The molecule has 0 fully saturated rings. The third-order valence-electron chi connectivity index (χ3n) is 3.08. The first-order chi connectivity index (χ1) is 10.8. The molecule has 0 saturated heterocycles. The summed E-state index contributed by atoms with van der Waals surface area (Å²) < 4.78 is 1.91. The minimum atomic E-state index is -0.175. The van der Waals surface area contributed by atoms with Gasteiger partial charge in [-0.2, -0.15) is 9.50 Å². The molecule has 0 radical (unpaired) electrons. The molecule has 4 aromatic rings. The van der Waals surface area contributed by atoms with Gasteiger partial charge >= 0.3 is 0 Å². The van der Waals surface area contributed by atoms with E-state index in [4.69, 9.17) is 0 Å². The van der Waals surface area contributed by atoms with Gasteiger partial charge in [0.25, 0.3) is 5.56 Å². The summed E-state index contributed by atoms with van der Waals surface area (Å²) in [5.74, 6) is 0.504. The molecule has 0 atom stereocenters. The van der Waals surface area contributed by atoms with Gasteiger partial charge in [-0.15, -0.1) is 5.10 Å². The van der Waals surface area contributed by atoms with Crippen LogP contribution in [0.3, 0.4) is 0 Å². The fraction of sp³-hybridized carbons (Fsp3) is 0. The van der Waals surface area contributed by atoms with Crippen LogP contribution in [-0.2, 0) is 0 Å². The quantitative estimate of drug-likeness (QED) is 0.555. The Labute approximate surface area is 128 Å². The predicted octanol–water partition coefficient (Wildman–Crippen LogP) is 1.16. The maximum atomic E-state index is 12.4. The zero-order chi connectivity index (χ0) is 14.9. The van der Waals surface area contributed by atoms with Gasteiger partial charge in [0, 0.05) is 30.4 Å². The Morgan fingerprint density at radius 3 is 2.59 bits per heavy atom. The number of nitrogens with zero attached hydrogens (tertiary/aromatic N) is 5. The highest BCUT2D eigenvalue weighted by Crippen LogP contribution is 2.14. The molecule has 4 heterocycles. The fourth-order valence-electron chi connectivity index (χ4n) is 2.06. The lowest BCUT2D eigenvalue weighted by molar-refractivity contribution is 0.936. The van der Waals surface area contributed by atoms with Crippen molar-refractivity contribution >= 4 is 22.4 Å². The van der Waals surface area contributed by atoms with Crippen molar-refractivity contribution in [2.75, 3.05) is 0 Å². The molecule has 0 N–H and O–H groups in total. The van der Waals surface area contributed by atoms with E-state index in [1.165, 1.54) is 15.9 Å². The molecule has 0 aliphatic carbocycles. The van der Waals surface area contributed by atoms with Crippen LogP contribution in [0.4, 0.5) is 0 Å². The third-order valence-corrected chi connectivity index (χ3v) is 4.04. The van der Waals surface area contributed by atoms with Crippen LogP contribution in [0.5, 0.6) is 0 Å². The number of thiazole rings is 1. The van der Waals surface area contributed by atoms with Crippen LogP contribution in [0.25, 0.3) is 22.4 Å². The average Bonchev–Trinajstić information content (AvgIpc) is 3.10. The largest absolute Gasteiger partial charge is 0.291 e. The van der Waals surface area contributed by atoms with Crippen LogP contribution in [0.1, 0.15) is 5.56 Å². The molecule has 4 rings (SSSR count). The van der Waals surface area contributed by atoms with Crippen molar-refractivity contribution in [3.63, 3.8) is 0 Å². The monoisotopic (exact) mass is 307 g/mol. The second kappa shape index (κ2) is 5.12. The predicted molar refractivity (Wildman–Crippen MR) is 83.4 cm³/mol. The van der Waals surface area contributed by atoms with Gasteiger partial charge in [-0.1, -0.05) is 17.4 Å². The van der Waals surface area contributed by atoms with Gasteiger partial charge in [-0.25, -0.2) is 0 Å². The van der Waals surface area contributed by atoms with Gasteiger partial charge in [-0.05, 0) is 29.8 Å². The normalized spacial score (nSPS) is 12.1. The van der Waals surface area contributed by atoms with Crippen molar-refractivity contribution in [3.8, 4) is 11.4 Å².